The van der Waals surface area contributed by atoms with Crippen LogP contribution in [-0.4, -0.2) is 41.8 Å². The molecule has 0 unspecified atom stereocenters. The Morgan fingerprint density at radius 2 is 2.06 bits per heavy atom. The van der Waals surface area contributed by atoms with Gasteiger partial charge in [-0.1, -0.05) is 12.1 Å². The standard InChI is InChI=1S/C24H27F2N3O4/c1-3-11-24(23(31)29-27-15-18-5-8-19(25)14-21(18)26)16(2)33-22(28-24)17-6-9-20(10-7-17)32-13-4-12-30/h3,5-10,14,16,27,30H,1,4,11-13,15H2,2H3,(H,29,31)/t16-,24-/m0/s1. The van der Waals surface area contributed by atoms with Gasteiger partial charge in [-0.2, -0.15) is 0 Å². The number of nitrogens with one attached hydrogen (secondary N) is 2. The van der Waals surface area contributed by atoms with Crippen LogP contribution >= 0.6 is 0 Å². The minimum absolute atomic E-state index is 0.0361. The quantitative estimate of drug-likeness (QED) is 0.273. The van der Waals surface area contributed by atoms with E-state index in [9.17, 15) is 13.6 Å². The summed E-state index contributed by atoms with van der Waals surface area (Å²) in [5.41, 5.74) is 4.85. The van der Waals surface area contributed by atoms with Crippen molar-refractivity contribution in [3.63, 3.8) is 0 Å². The van der Waals surface area contributed by atoms with Crippen molar-refractivity contribution in [3.8, 4) is 5.75 Å². The van der Waals surface area contributed by atoms with E-state index in [1.54, 1.807) is 37.3 Å². The molecule has 2 atom stereocenters. The van der Waals surface area contributed by atoms with Gasteiger partial charge in [0, 0.05) is 43.2 Å². The molecule has 3 rings (SSSR count). The number of aliphatic imine (C=N–C) groups is 1. The molecule has 0 radical (unpaired) electrons. The number of rotatable bonds is 11. The molecule has 0 aliphatic carbocycles. The molecular formula is C24H27F2N3O4. The molecule has 9 heteroatoms. The van der Waals surface area contributed by atoms with Crippen molar-refractivity contribution in [2.45, 2.75) is 38.0 Å². The number of hydrazine groups is 1. The Balaban J connectivity index is 1.70. The third-order valence-corrected chi connectivity index (χ3v) is 5.28. The zero-order chi connectivity index (χ0) is 23.8. The Morgan fingerprint density at radius 1 is 1.30 bits per heavy atom. The summed E-state index contributed by atoms with van der Waals surface area (Å²) < 4.78 is 38.3. The molecule has 1 aliphatic rings. The molecule has 2 aromatic rings. The van der Waals surface area contributed by atoms with E-state index in [-0.39, 0.29) is 25.1 Å². The van der Waals surface area contributed by atoms with Crippen molar-refractivity contribution in [1.29, 1.82) is 0 Å². The summed E-state index contributed by atoms with van der Waals surface area (Å²) in [6.07, 6.45) is 1.76. The number of halogens is 2. The highest BCUT2D eigenvalue weighted by molar-refractivity contribution is 6.00. The Morgan fingerprint density at radius 3 is 2.73 bits per heavy atom. The Kier molecular flexibility index (Phi) is 8.13. The summed E-state index contributed by atoms with van der Waals surface area (Å²) in [6, 6.07) is 10.3. The lowest BCUT2D eigenvalue weighted by molar-refractivity contribution is -0.129. The first-order valence-electron chi connectivity index (χ1n) is 10.6. The minimum Gasteiger partial charge on any atom is -0.494 e. The van der Waals surface area contributed by atoms with Gasteiger partial charge in [0.25, 0.3) is 5.91 Å². The van der Waals surface area contributed by atoms with Gasteiger partial charge in [0.1, 0.15) is 23.5 Å². The van der Waals surface area contributed by atoms with Crippen LogP contribution in [0.4, 0.5) is 8.78 Å². The first-order chi connectivity index (χ1) is 15.9. The average Bonchev–Trinajstić information content (AvgIpc) is 3.13. The first kappa shape index (κ1) is 24.3. The largest absolute Gasteiger partial charge is 0.494 e. The summed E-state index contributed by atoms with van der Waals surface area (Å²) in [6.45, 7) is 5.90. The Hall–Kier alpha value is -3.30. The van der Waals surface area contributed by atoms with E-state index < -0.39 is 29.2 Å². The molecule has 7 nitrogen and oxygen atoms in total. The normalized spacial score (nSPS) is 19.5. The molecule has 3 N–H and O–H groups in total. The van der Waals surface area contributed by atoms with Gasteiger partial charge in [-0.05, 0) is 37.3 Å². The molecule has 0 fully saturated rings. The molecule has 0 saturated heterocycles. The minimum atomic E-state index is -1.26. The lowest BCUT2D eigenvalue weighted by Crippen LogP contribution is -2.54. The lowest BCUT2D eigenvalue weighted by Gasteiger charge is -2.26. The third kappa shape index (κ3) is 5.74. The third-order valence-electron chi connectivity index (χ3n) is 5.28. The number of amides is 1. The fourth-order valence-corrected chi connectivity index (χ4v) is 3.40. The molecule has 176 valence electrons. The molecule has 2 aromatic carbocycles. The van der Waals surface area contributed by atoms with Gasteiger partial charge in [-0.3, -0.25) is 10.2 Å². The van der Waals surface area contributed by atoms with E-state index in [4.69, 9.17) is 14.6 Å². The van der Waals surface area contributed by atoms with Crippen molar-refractivity contribution in [3.05, 3.63) is 77.9 Å². The lowest BCUT2D eigenvalue weighted by atomic mass is 9.90. The summed E-state index contributed by atoms with van der Waals surface area (Å²) in [5, 5.41) is 8.84. The predicted octanol–water partition coefficient (Wildman–Crippen LogP) is 3.03. The topological polar surface area (TPSA) is 92.2 Å². The molecule has 33 heavy (non-hydrogen) atoms. The summed E-state index contributed by atoms with van der Waals surface area (Å²) >= 11 is 0. The highest BCUT2D eigenvalue weighted by Crippen LogP contribution is 2.32. The Labute approximate surface area is 191 Å². The van der Waals surface area contributed by atoms with E-state index in [1.165, 1.54) is 6.07 Å². The van der Waals surface area contributed by atoms with Crippen LogP contribution in [0.5, 0.6) is 5.75 Å². The summed E-state index contributed by atoms with van der Waals surface area (Å²) in [5.74, 6) is -0.887. The monoisotopic (exact) mass is 459 g/mol. The number of aliphatic hydroxyl groups is 1. The number of nitrogens with zero attached hydrogens (tertiary/aromatic N) is 1. The number of hydrogen-bond donors (Lipinski definition) is 3. The van der Waals surface area contributed by atoms with Crippen molar-refractivity contribution in [2.75, 3.05) is 13.2 Å². The maximum absolute atomic E-state index is 13.8. The van der Waals surface area contributed by atoms with Crippen LogP contribution in [0.2, 0.25) is 0 Å². The highest BCUT2D eigenvalue weighted by Gasteiger charge is 2.49. The zero-order valence-electron chi connectivity index (χ0n) is 18.3. The van der Waals surface area contributed by atoms with Crippen LogP contribution in [0.1, 0.15) is 30.9 Å². The van der Waals surface area contributed by atoms with Gasteiger partial charge in [-0.25, -0.2) is 19.2 Å². The van der Waals surface area contributed by atoms with Crippen LogP contribution < -0.4 is 15.6 Å². The van der Waals surface area contributed by atoms with Crippen molar-refractivity contribution >= 4 is 11.8 Å². The molecular weight excluding hydrogens is 432 g/mol. The van der Waals surface area contributed by atoms with E-state index in [0.717, 1.165) is 12.1 Å². The number of benzene rings is 2. The van der Waals surface area contributed by atoms with E-state index in [0.29, 0.717) is 30.2 Å². The second-order valence-electron chi connectivity index (χ2n) is 7.59. The van der Waals surface area contributed by atoms with E-state index in [2.05, 4.69) is 22.4 Å². The predicted molar refractivity (Wildman–Crippen MR) is 120 cm³/mol. The molecule has 1 heterocycles. The number of ether oxygens (including phenoxy) is 2. The Bertz CT molecular complexity index is 1010. The second-order valence-corrected chi connectivity index (χ2v) is 7.59. The first-order valence-corrected chi connectivity index (χ1v) is 10.6. The van der Waals surface area contributed by atoms with Crippen LogP contribution in [0.15, 0.2) is 60.1 Å². The number of carbonyl (C=O) groups is 1. The maximum atomic E-state index is 13.8. The molecule has 1 aliphatic heterocycles. The van der Waals surface area contributed by atoms with Gasteiger partial charge in [0.2, 0.25) is 5.90 Å². The smallest absolute Gasteiger partial charge is 0.266 e. The van der Waals surface area contributed by atoms with Crippen LogP contribution in [0.3, 0.4) is 0 Å². The number of aliphatic hydroxyl groups excluding tert-OH is 1. The summed E-state index contributed by atoms with van der Waals surface area (Å²) in [4.78, 5) is 17.7. The second kappa shape index (κ2) is 11.0. The highest BCUT2D eigenvalue weighted by atomic mass is 19.1. The average molecular weight is 459 g/mol. The zero-order valence-corrected chi connectivity index (χ0v) is 18.3. The number of carbonyl (C=O) groups excluding carboxylic acids is 1. The maximum Gasteiger partial charge on any atom is 0.266 e. The van der Waals surface area contributed by atoms with Crippen molar-refractivity contribution in [2.24, 2.45) is 4.99 Å². The van der Waals surface area contributed by atoms with Crippen LogP contribution in [0, 0.1) is 11.6 Å². The molecule has 0 saturated carbocycles. The van der Waals surface area contributed by atoms with E-state index >= 15 is 0 Å². The molecule has 0 aromatic heterocycles. The van der Waals surface area contributed by atoms with Gasteiger partial charge < -0.3 is 14.6 Å². The van der Waals surface area contributed by atoms with Crippen LogP contribution in [0.25, 0.3) is 0 Å². The van der Waals surface area contributed by atoms with Crippen molar-refractivity contribution < 1.29 is 28.2 Å². The van der Waals surface area contributed by atoms with Crippen LogP contribution in [-0.2, 0) is 16.1 Å². The fourth-order valence-electron chi connectivity index (χ4n) is 3.40. The van der Waals surface area contributed by atoms with Gasteiger partial charge in [0.15, 0.2) is 5.54 Å². The molecule has 0 bridgehead atoms. The van der Waals surface area contributed by atoms with Gasteiger partial charge >= 0.3 is 0 Å². The van der Waals surface area contributed by atoms with Gasteiger partial charge in [-0.15, -0.1) is 6.58 Å². The van der Waals surface area contributed by atoms with Gasteiger partial charge in [0.05, 0.1) is 6.61 Å². The molecule has 0 spiro atoms. The number of hydrogen-bond acceptors (Lipinski definition) is 6. The molecule has 1 amide bonds. The SMILES string of the molecule is C=CC[C@]1(C(=O)NNCc2ccc(F)cc2F)N=C(c2ccc(OCCCO)cc2)O[C@H]1C. The fraction of sp³-hybridized carbons (Fsp3) is 0.333. The summed E-state index contributed by atoms with van der Waals surface area (Å²) in [7, 11) is 0. The van der Waals surface area contributed by atoms with E-state index in [1.807, 2.05) is 0 Å². The van der Waals surface area contributed by atoms with Crippen molar-refractivity contribution in [1.82, 2.24) is 10.9 Å².